The molecule has 0 aliphatic rings. The lowest BCUT2D eigenvalue weighted by atomic mass is 10.1. The Balaban J connectivity index is 1.83. The van der Waals surface area contributed by atoms with Crippen LogP contribution in [0.5, 0.6) is 0 Å². The summed E-state index contributed by atoms with van der Waals surface area (Å²) < 4.78 is 0. The van der Waals surface area contributed by atoms with Gasteiger partial charge in [-0.05, 0) is 18.1 Å². The van der Waals surface area contributed by atoms with Crippen molar-refractivity contribution >= 4 is 16.7 Å². The van der Waals surface area contributed by atoms with Gasteiger partial charge >= 0.3 is 0 Å². The Morgan fingerprint density at radius 1 is 1.05 bits per heavy atom. The quantitative estimate of drug-likeness (QED) is 0.786. The van der Waals surface area contributed by atoms with Crippen LogP contribution in [0.15, 0.2) is 48.9 Å². The molecule has 100 valence electrons. The zero-order chi connectivity index (χ0) is 13.8. The lowest BCUT2D eigenvalue weighted by molar-refractivity contribution is 0.987. The van der Waals surface area contributed by atoms with Crippen molar-refractivity contribution in [3.8, 4) is 0 Å². The fourth-order valence-corrected chi connectivity index (χ4v) is 2.18. The molecule has 4 heteroatoms. The average molecular weight is 264 g/mol. The molecule has 0 spiro atoms. The number of aryl methyl sites for hydroxylation is 1. The van der Waals surface area contributed by atoms with E-state index in [-0.39, 0.29) is 0 Å². The molecule has 0 amide bonds. The number of hydrogen-bond donors (Lipinski definition) is 1. The summed E-state index contributed by atoms with van der Waals surface area (Å²) in [4.78, 5) is 12.9. The SMILES string of the molecule is CCc1cc(NCc2cccc3cccnc23)ncn1. The Kier molecular flexibility index (Phi) is 3.54. The van der Waals surface area contributed by atoms with Crippen molar-refractivity contribution in [1.29, 1.82) is 0 Å². The zero-order valence-corrected chi connectivity index (χ0v) is 11.4. The maximum Gasteiger partial charge on any atom is 0.129 e. The van der Waals surface area contributed by atoms with Gasteiger partial charge in [-0.1, -0.05) is 31.2 Å². The number of nitrogens with one attached hydrogen (secondary N) is 1. The molecule has 0 radical (unpaired) electrons. The molecule has 0 bridgehead atoms. The summed E-state index contributed by atoms with van der Waals surface area (Å²) in [5.41, 5.74) is 3.24. The topological polar surface area (TPSA) is 50.7 Å². The summed E-state index contributed by atoms with van der Waals surface area (Å²) in [6.07, 6.45) is 4.33. The van der Waals surface area contributed by atoms with Crippen LogP contribution in [0, 0.1) is 0 Å². The van der Waals surface area contributed by atoms with Gasteiger partial charge in [-0.2, -0.15) is 0 Å². The highest BCUT2D eigenvalue weighted by Crippen LogP contribution is 2.17. The van der Waals surface area contributed by atoms with Crippen LogP contribution in [0.25, 0.3) is 10.9 Å². The standard InChI is InChI=1S/C16H16N4/c1-2-14-9-15(20-11-19-14)18-10-13-6-3-5-12-7-4-8-17-16(12)13/h3-9,11H,2,10H2,1H3,(H,18,19,20). The molecule has 4 nitrogen and oxygen atoms in total. The normalized spacial score (nSPS) is 10.7. The first kappa shape index (κ1) is 12.5. The predicted octanol–water partition coefficient (Wildman–Crippen LogP) is 3.20. The van der Waals surface area contributed by atoms with Gasteiger partial charge in [-0.3, -0.25) is 4.98 Å². The van der Waals surface area contributed by atoms with E-state index in [9.17, 15) is 0 Å². The molecule has 1 aromatic carbocycles. The molecule has 3 aromatic rings. The van der Waals surface area contributed by atoms with Gasteiger partial charge in [0.25, 0.3) is 0 Å². The van der Waals surface area contributed by atoms with Crippen LogP contribution in [-0.2, 0) is 13.0 Å². The van der Waals surface area contributed by atoms with Crippen molar-refractivity contribution in [2.24, 2.45) is 0 Å². The summed E-state index contributed by atoms with van der Waals surface area (Å²) in [6, 6.07) is 12.2. The van der Waals surface area contributed by atoms with Crippen molar-refractivity contribution in [2.75, 3.05) is 5.32 Å². The van der Waals surface area contributed by atoms with Crippen molar-refractivity contribution < 1.29 is 0 Å². The minimum Gasteiger partial charge on any atom is -0.366 e. The van der Waals surface area contributed by atoms with Gasteiger partial charge < -0.3 is 5.32 Å². The van der Waals surface area contributed by atoms with E-state index in [1.54, 1.807) is 6.33 Å². The highest BCUT2D eigenvalue weighted by atomic mass is 15.0. The minimum absolute atomic E-state index is 0.703. The summed E-state index contributed by atoms with van der Waals surface area (Å²) in [5.74, 6) is 0.852. The van der Waals surface area contributed by atoms with Crippen LogP contribution < -0.4 is 5.32 Å². The lowest BCUT2D eigenvalue weighted by Gasteiger charge is -2.08. The van der Waals surface area contributed by atoms with Gasteiger partial charge in [0, 0.05) is 29.9 Å². The van der Waals surface area contributed by atoms with E-state index < -0.39 is 0 Å². The third-order valence-electron chi connectivity index (χ3n) is 3.26. The number of benzene rings is 1. The third-order valence-corrected chi connectivity index (χ3v) is 3.26. The first-order valence-corrected chi connectivity index (χ1v) is 6.74. The molecule has 2 aromatic heterocycles. The van der Waals surface area contributed by atoms with E-state index in [4.69, 9.17) is 0 Å². The third kappa shape index (κ3) is 2.59. The van der Waals surface area contributed by atoms with Crippen molar-refractivity contribution in [2.45, 2.75) is 19.9 Å². The molecule has 3 rings (SSSR count). The second kappa shape index (κ2) is 5.65. The molecular weight excluding hydrogens is 248 g/mol. The maximum atomic E-state index is 4.45. The Morgan fingerprint density at radius 3 is 2.85 bits per heavy atom. The number of fused-ring (bicyclic) bond motifs is 1. The first-order chi connectivity index (χ1) is 9.86. The number of hydrogen-bond acceptors (Lipinski definition) is 4. The highest BCUT2D eigenvalue weighted by molar-refractivity contribution is 5.81. The van der Waals surface area contributed by atoms with Crippen LogP contribution in [0.2, 0.25) is 0 Å². The number of pyridine rings is 1. The van der Waals surface area contributed by atoms with E-state index >= 15 is 0 Å². The van der Waals surface area contributed by atoms with Gasteiger partial charge in [0.2, 0.25) is 0 Å². The summed E-state index contributed by atoms with van der Waals surface area (Å²) in [6.45, 7) is 2.79. The molecule has 0 aliphatic heterocycles. The Hall–Kier alpha value is -2.49. The van der Waals surface area contributed by atoms with Gasteiger partial charge in [-0.25, -0.2) is 9.97 Å². The van der Waals surface area contributed by atoms with Gasteiger partial charge in [0.15, 0.2) is 0 Å². The van der Waals surface area contributed by atoms with Gasteiger partial charge in [-0.15, -0.1) is 0 Å². The molecule has 0 unspecified atom stereocenters. The molecular formula is C16H16N4. The maximum absolute atomic E-state index is 4.45. The smallest absolute Gasteiger partial charge is 0.129 e. The number of para-hydroxylation sites is 1. The summed E-state index contributed by atoms with van der Waals surface area (Å²) in [5, 5.41) is 4.49. The van der Waals surface area contributed by atoms with Crippen molar-refractivity contribution in [3.63, 3.8) is 0 Å². The minimum atomic E-state index is 0.703. The molecule has 1 N–H and O–H groups in total. The lowest BCUT2D eigenvalue weighted by Crippen LogP contribution is -2.03. The van der Waals surface area contributed by atoms with E-state index in [1.165, 1.54) is 5.56 Å². The van der Waals surface area contributed by atoms with E-state index in [2.05, 4.69) is 51.5 Å². The molecule has 0 fully saturated rings. The van der Waals surface area contributed by atoms with Crippen LogP contribution in [-0.4, -0.2) is 15.0 Å². The molecule has 0 saturated carbocycles. The molecule has 0 saturated heterocycles. The molecule has 20 heavy (non-hydrogen) atoms. The van der Waals surface area contributed by atoms with Gasteiger partial charge in [0.05, 0.1) is 5.52 Å². The monoisotopic (exact) mass is 264 g/mol. The Bertz CT molecular complexity index is 719. The second-order valence-electron chi connectivity index (χ2n) is 4.59. The zero-order valence-electron chi connectivity index (χ0n) is 11.4. The number of rotatable bonds is 4. The van der Waals surface area contributed by atoms with Gasteiger partial charge in [0.1, 0.15) is 12.1 Å². The largest absolute Gasteiger partial charge is 0.366 e. The summed E-state index contributed by atoms with van der Waals surface area (Å²) in [7, 11) is 0. The van der Waals surface area contributed by atoms with Crippen LogP contribution in [0.4, 0.5) is 5.82 Å². The van der Waals surface area contributed by atoms with Crippen LogP contribution in [0.3, 0.4) is 0 Å². The van der Waals surface area contributed by atoms with Crippen molar-refractivity contribution in [3.05, 3.63) is 60.2 Å². The Labute approximate surface area is 117 Å². The van der Waals surface area contributed by atoms with Crippen LogP contribution >= 0.6 is 0 Å². The average Bonchev–Trinajstić information content (AvgIpc) is 2.53. The second-order valence-corrected chi connectivity index (χ2v) is 4.59. The predicted molar refractivity (Wildman–Crippen MR) is 80.5 cm³/mol. The van der Waals surface area contributed by atoms with E-state index in [0.29, 0.717) is 6.54 Å². The fraction of sp³-hybridized carbons (Fsp3) is 0.188. The van der Waals surface area contributed by atoms with E-state index in [1.807, 2.05) is 18.3 Å². The Morgan fingerprint density at radius 2 is 1.95 bits per heavy atom. The summed E-state index contributed by atoms with van der Waals surface area (Å²) >= 11 is 0. The fourth-order valence-electron chi connectivity index (χ4n) is 2.18. The van der Waals surface area contributed by atoms with Crippen molar-refractivity contribution in [1.82, 2.24) is 15.0 Å². The highest BCUT2D eigenvalue weighted by Gasteiger charge is 2.02. The molecule has 0 aliphatic carbocycles. The van der Waals surface area contributed by atoms with E-state index in [0.717, 1.165) is 28.8 Å². The first-order valence-electron chi connectivity index (χ1n) is 6.74. The number of anilines is 1. The van der Waals surface area contributed by atoms with Crippen LogP contribution in [0.1, 0.15) is 18.2 Å². The molecule has 2 heterocycles. The molecule has 0 atom stereocenters. The number of aromatic nitrogens is 3. The number of nitrogens with zero attached hydrogens (tertiary/aromatic N) is 3.